The normalized spacial score (nSPS) is 12.6. The average molecular weight is 667 g/mol. The summed E-state index contributed by atoms with van der Waals surface area (Å²) in [6, 6.07) is 24.1. The Kier molecular flexibility index (Phi) is 20.9. The van der Waals surface area contributed by atoms with Crippen LogP contribution in [0.25, 0.3) is 0 Å². The van der Waals surface area contributed by atoms with Crippen molar-refractivity contribution in [1.82, 2.24) is 0 Å². The molecule has 0 amide bonds. The van der Waals surface area contributed by atoms with E-state index in [1.807, 2.05) is 77.7 Å². The first-order chi connectivity index (χ1) is 22.6. The Morgan fingerprint density at radius 1 is 0.458 bits per heavy atom. The number of nitrogen functional groups attached to an aromatic ring is 1. The summed E-state index contributed by atoms with van der Waals surface area (Å²) >= 11 is 0. The van der Waals surface area contributed by atoms with Crippen LogP contribution in [0.3, 0.4) is 0 Å². The van der Waals surface area contributed by atoms with Gasteiger partial charge in [-0.15, -0.1) is 0 Å². The number of nitrogens with zero attached hydrogens (tertiary/aromatic N) is 1. The first-order valence-electron chi connectivity index (χ1n) is 17.4. The number of nitrogens with one attached hydrogen (secondary N) is 4. The van der Waals surface area contributed by atoms with E-state index in [0.29, 0.717) is 37.4 Å². The van der Waals surface area contributed by atoms with Gasteiger partial charge in [-0.3, -0.25) is 0 Å². The molecule has 0 bridgehead atoms. The van der Waals surface area contributed by atoms with Gasteiger partial charge in [-0.05, 0) is 111 Å². The Morgan fingerprint density at radius 2 is 0.750 bits per heavy atom. The van der Waals surface area contributed by atoms with E-state index in [2.05, 4.69) is 62.8 Å². The summed E-state index contributed by atoms with van der Waals surface area (Å²) < 4.78 is 0. The zero-order chi connectivity index (χ0) is 36.1. The van der Waals surface area contributed by atoms with Crippen LogP contribution in [0.1, 0.15) is 62.3 Å². The maximum Gasteiger partial charge on any atom is 0.0687 e. The molecule has 0 saturated heterocycles. The molecule has 9 nitrogen and oxygen atoms in total. The number of hydrogen-bond donors (Lipinski definition) is 8. The van der Waals surface area contributed by atoms with Gasteiger partial charge in [0.25, 0.3) is 0 Å². The van der Waals surface area contributed by atoms with Gasteiger partial charge in [0, 0.05) is 73.4 Å². The number of anilines is 6. The van der Waals surface area contributed by atoms with Gasteiger partial charge in [-0.25, -0.2) is 0 Å². The lowest BCUT2D eigenvalue weighted by Gasteiger charge is -2.27. The van der Waals surface area contributed by atoms with Crippen molar-refractivity contribution in [3.63, 3.8) is 0 Å². The first-order valence-corrected chi connectivity index (χ1v) is 17.4. The van der Waals surface area contributed by atoms with E-state index in [-0.39, 0.29) is 6.10 Å². The third-order valence-corrected chi connectivity index (χ3v) is 6.74. The molecule has 270 valence electrons. The van der Waals surface area contributed by atoms with E-state index in [9.17, 15) is 10.2 Å². The molecule has 9 N–H and O–H groups in total. The van der Waals surface area contributed by atoms with E-state index in [0.717, 1.165) is 53.8 Å². The second-order valence-electron chi connectivity index (χ2n) is 13.9. The maximum absolute atomic E-state index is 9.56. The molecule has 0 aliphatic heterocycles. The van der Waals surface area contributed by atoms with Crippen LogP contribution in [0.15, 0.2) is 72.8 Å². The molecule has 9 heteroatoms. The van der Waals surface area contributed by atoms with Gasteiger partial charge in [-0.2, -0.15) is 0 Å². The van der Waals surface area contributed by atoms with Crippen LogP contribution >= 0.6 is 0 Å². The number of hydrogen-bond acceptors (Lipinski definition) is 9. The highest BCUT2D eigenvalue weighted by atomic mass is 16.3. The summed E-state index contributed by atoms with van der Waals surface area (Å²) in [7, 11) is 0. The molecule has 3 unspecified atom stereocenters. The first kappa shape index (κ1) is 42.4. The molecular formula is C39H66N6O3. The molecule has 3 aromatic carbocycles. The summed E-state index contributed by atoms with van der Waals surface area (Å²) in [5.41, 5.74) is 11.8. The maximum atomic E-state index is 9.56. The molecule has 0 heterocycles. The lowest BCUT2D eigenvalue weighted by atomic mass is 10.2. The fraction of sp³-hybridized carbons (Fsp3) is 0.538. The van der Waals surface area contributed by atoms with Crippen molar-refractivity contribution in [2.45, 2.75) is 80.6 Å². The molecule has 48 heavy (non-hydrogen) atoms. The lowest BCUT2D eigenvalue weighted by molar-refractivity contribution is 0.178. The lowest BCUT2D eigenvalue weighted by Crippen LogP contribution is -2.36. The quantitative estimate of drug-likeness (QED) is 0.0703. The summed E-state index contributed by atoms with van der Waals surface area (Å²) in [5, 5.41) is 41.5. The van der Waals surface area contributed by atoms with Crippen molar-refractivity contribution < 1.29 is 15.3 Å². The summed E-state index contributed by atoms with van der Waals surface area (Å²) in [5.74, 6) is 1.92. The topological polar surface area (TPSA) is 138 Å². The van der Waals surface area contributed by atoms with Crippen LogP contribution < -0.4 is 31.9 Å². The highest BCUT2D eigenvalue weighted by molar-refractivity contribution is 5.56. The van der Waals surface area contributed by atoms with E-state index < -0.39 is 12.2 Å². The number of benzene rings is 3. The summed E-state index contributed by atoms with van der Waals surface area (Å²) in [4.78, 5) is 2.00. The second kappa shape index (κ2) is 23.6. The number of nitrogens with two attached hydrogens (primary N) is 1. The standard InChI is InChI=1S/C16H28N2O2.C13H22N2O.C10H16N2/c1-12(2)9-17-15-5-7-16(8-6-15)18(10-13(3)19)11-14(4)20;1-10(2)8-14-12-4-6-13(7-5-12)15-9-11(3)16;1-8(2)7-12-10-5-3-9(11)4-6-10/h5-8,12-14,17,19-20H,9-11H2,1-4H3;4-7,10-11,14-16H,8-9H2,1-3H3;3-6,8,12H,7,11H2,1-2H3. The van der Waals surface area contributed by atoms with Crippen LogP contribution in [-0.4, -0.2) is 72.9 Å². The molecule has 0 saturated carbocycles. The minimum atomic E-state index is -0.424. The molecule has 0 aromatic heterocycles. The van der Waals surface area contributed by atoms with Crippen molar-refractivity contribution >= 4 is 34.1 Å². The molecular weight excluding hydrogens is 600 g/mol. The summed E-state index contributed by atoms with van der Waals surface area (Å²) in [6.07, 6.45) is -1.17. The number of rotatable bonds is 17. The number of aliphatic hydroxyl groups is 3. The van der Waals surface area contributed by atoms with Gasteiger partial charge in [-0.1, -0.05) is 41.5 Å². The molecule has 0 aliphatic rings. The van der Waals surface area contributed by atoms with Gasteiger partial charge < -0.3 is 47.2 Å². The Bertz CT molecular complexity index is 1160. The van der Waals surface area contributed by atoms with Gasteiger partial charge in [0.2, 0.25) is 0 Å². The third-order valence-electron chi connectivity index (χ3n) is 6.74. The van der Waals surface area contributed by atoms with Crippen LogP contribution in [0.5, 0.6) is 0 Å². The van der Waals surface area contributed by atoms with Crippen LogP contribution in [-0.2, 0) is 0 Å². The fourth-order valence-corrected chi connectivity index (χ4v) is 4.25. The van der Waals surface area contributed by atoms with Crippen LogP contribution in [0.2, 0.25) is 0 Å². The molecule has 0 radical (unpaired) electrons. The number of aliphatic hydroxyl groups excluding tert-OH is 3. The molecule has 0 aliphatic carbocycles. The Labute approximate surface area is 291 Å². The van der Waals surface area contributed by atoms with Crippen molar-refractivity contribution in [3.05, 3.63) is 72.8 Å². The molecule has 0 spiro atoms. The van der Waals surface area contributed by atoms with Crippen molar-refractivity contribution in [1.29, 1.82) is 0 Å². The second-order valence-corrected chi connectivity index (χ2v) is 13.9. The minimum absolute atomic E-state index is 0.321. The zero-order valence-corrected chi connectivity index (χ0v) is 31.0. The van der Waals surface area contributed by atoms with E-state index in [4.69, 9.17) is 10.8 Å². The van der Waals surface area contributed by atoms with Crippen LogP contribution in [0.4, 0.5) is 34.1 Å². The van der Waals surface area contributed by atoms with Crippen LogP contribution in [0, 0.1) is 17.8 Å². The SMILES string of the molecule is CC(C)CNc1ccc(N(CC(C)O)CC(C)O)cc1.CC(C)CNc1ccc(N)cc1.CC(C)CNc1ccc(NCC(C)O)cc1. The fourth-order valence-electron chi connectivity index (χ4n) is 4.25. The average Bonchev–Trinajstić information content (AvgIpc) is 3.02. The molecule has 3 rings (SSSR count). The zero-order valence-electron chi connectivity index (χ0n) is 31.0. The summed E-state index contributed by atoms with van der Waals surface area (Å²) in [6.45, 7) is 22.9. The Hall–Kier alpha value is -3.66. The van der Waals surface area contributed by atoms with E-state index in [1.54, 1.807) is 20.8 Å². The molecule has 3 aromatic rings. The van der Waals surface area contributed by atoms with Gasteiger partial charge in [0.1, 0.15) is 0 Å². The monoisotopic (exact) mass is 667 g/mol. The molecule has 0 fully saturated rings. The predicted octanol–water partition coefficient (Wildman–Crippen LogP) is 7.21. The largest absolute Gasteiger partial charge is 0.399 e. The van der Waals surface area contributed by atoms with Gasteiger partial charge in [0.05, 0.1) is 18.3 Å². The Balaban J connectivity index is 0.000000371. The van der Waals surface area contributed by atoms with Crippen molar-refractivity contribution in [3.8, 4) is 0 Å². The van der Waals surface area contributed by atoms with E-state index >= 15 is 0 Å². The Morgan fingerprint density at radius 3 is 1.04 bits per heavy atom. The molecule has 3 atom stereocenters. The van der Waals surface area contributed by atoms with Crippen molar-refractivity contribution in [2.24, 2.45) is 17.8 Å². The third kappa shape index (κ3) is 21.3. The van der Waals surface area contributed by atoms with Gasteiger partial charge in [0.15, 0.2) is 0 Å². The van der Waals surface area contributed by atoms with Crippen molar-refractivity contribution in [2.75, 3.05) is 71.2 Å². The highest BCUT2D eigenvalue weighted by Crippen LogP contribution is 2.19. The van der Waals surface area contributed by atoms with E-state index in [1.165, 1.54) is 0 Å². The smallest absolute Gasteiger partial charge is 0.0687 e. The minimum Gasteiger partial charge on any atom is -0.399 e. The predicted molar refractivity (Wildman–Crippen MR) is 209 cm³/mol. The highest BCUT2D eigenvalue weighted by Gasteiger charge is 2.12. The van der Waals surface area contributed by atoms with Gasteiger partial charge >= 0.3 is 0 Å².